The lowest BCUT2D eigenvalue weighted by Gasteiger charge is -1.99. The van der Waals surface area contributed by atoms with Gasteiger partial charge in [0.2, 0.25) is 0 Å². The third-order valence-electron chi connectivity index (χ3n) is 1.38. The number of carbonyl (C=O) groups is 1. The van der Waals surface area contributed by atoms with Gasteiger partial charge in [-0.05, 0) is 13.0 Å². The van der Waals surface area contributed by atoms with E-state index in [0.29, 0.717) is 12.0 Å². The summed E-state index contributed by atoms with van der Waals surface area (Å²) in [6.07, 6.45) is 3.95. The molecule has 1 aromatic rings. The largest absolute Gasteiger partial charge is 0.451 e. The number of carbonyl (C=O) groups excluding carboxylic acids is 1. The first-order valence-corrected chi connectivity index (χ1v) is 3.47. The molecule has 0 aliphatic heterocycles. The minimum Gasteiger partial charge on any atom is -0.451 e. The first-order valence-electron chi connectivity index (χ1n) is 3.47. The van der Waals surface area contributed by atoms with E-state index in [1.165, 1.54) is 25.7 Å². The number of hydrogen-bond donors (Lipinski definition) is 1. The van der Waals surface area contributed by atoms with Crippen LogP contribution < -0.4 is 0 Å². The van der Waals surface area contributed by atoms with Crippen molar-refractivity contribution in [1.82, 2.24) is 4.98 Å². The van der Waals surface area contributed by atoms with Crippen molar-refractivity contribution in [3.63, 3.8) is 0 Å². The number of oxazole rings is 1. The van der Waals surface area contributed by atoms with Crippen LogP contribution in [0.3, 0.4) is 0 Å². The first kappa shape index (κ1) is 8.67. The van der Waals surface area contributed by atoms with E-state index >= 15 is 0 Å². The standard InChI is InChI=1S/C8H9NO3/c1-6(11)7(3-10)2-8-4-12-5-9-8/h2-6,11H,1H3/b7-2-/t6-/m0/s1. The lowest BCUT2D eigenvalue weighted by Crippen LogP contribution is -2.05. The Morgan fingerprint density at radius 3 is 3.00 bits per heavy atom. The fourth-order valence-electron chi connectivity index (χ4n) is 0.717. The summed E-state index contributed by atoms with van der Waals surface area (Å²) in [7, 11) is 0. The molecule has 12 heavy (non-hydrogen) atoms. The minimum absolute atomic E-state index is 0.281. The van der Waals surface area contributed by atoms with Gasteiger partial charge in [-0.1, -0.05) is 0 Å². The van der Waals surface area contributed by atoms with Crippen molar-refractivity contribution in [2.75, 3.05) is 0 Å². The van der Waals surface area contributed by atoms with Gasteiger partial charge in [-0.25, -0.2) is 4.98 Å². The Morgan fingerprint density at radius 2 is 2.58 bits per heavy atom. The lowest BCUT2D eigenvalue weighted by atomic mass is 10.1. The van der Waals surface area contributed by atoms with Crippen molar-refractivity contribution < 1.29 is 14.3 Å². The van der Waals surface area contributed by atoms with Crippen LogP contribution in [-0.4, -0.2) is 22.5 Å². The third-order valence-corrected chi connectivity index (χ3v) is 1.38. The van der Waals surface area contributed by atoms with Crippen molar-refractivity contribution in [3.8, 4) is 0 Å². The van der Waals surface area contributed by atoms with E-state index in [1.54, 1.807) is 0 Å². The Bertz CT molecular complexity index is 275. The summed E-state index contributed by atoms with van der Waals surface area (Å²) in [6.45, 7) is 1.51. The van der Waals surface area contributed by atoms with Crippen LogP contribution >= 0.6 is 0 Å². The van der Waals surface area contributed by atoms with Gasteiger partial charge in [0.25, 0.3) is 0 Å². The van der Waals surface area contributed by atoms with Crippen LogP contribution in [0.4, 0.5) is 0 Å². The van der Waals surface area contributed by atoms with E-state index in [1.807, 2.05) is 0 Å². The fraction of sp³-hybridized carbons (Fsp3) is 0.250. The Kier molecular flexibility index (Phi) is 2.76. The topological polar surface area (TPSA) is 63.3 Å². The molecular formula is C8H9NO3. The zero-order valence-corrected chi connectivity index (χ0v) is 6.60. The highest BCUT2D eigenvalue weighted by atomic mass is 16.3. The third kappa shape index (κ3) is 2.03. The molecule has 0 amide bonds. The van der Waals surface area contributed by atoms with E-state index in [2.05, 4.69) is 9.40 Å². The van der Waals surface area contributed by atoms with Crippen molar-refractivity contribution in [1.29, 1.82) is 0 Å². The molecule has 64 valence electrons. The molecule has 0 aliphatic carbocycles. The second kappa shape index (κ2) is 3.82. The molecule has 0 fully saturated rings. The summed E-state index contributed by atoms with van der Waals surface area (Å²) in [5.41, 5.74) is 0.807. The van der Waals surface area contributed by atoms with Gasteiger partial charge in [0.15, 0.2) is 6.39 Å². The van der Waals surface area contributed by atoms with E-state index in [-0.39, 0.29) is 5.57 Å². The second-order valence-corrected chi connectivity index (χ2v) is 2.35. The molecule has 4 nitrogen and oxygen atoms in total. The summed E-state index contributed by atoms with van der Waals surface area (Å²) >= 11 is 0. The first-order chi connectivity index (χ1) is 5.74. The maximum Gasteiger partial charge on any atom is 0.181 e. The molecule has 0 saturated heterocycles. The smallest absolute Gasteiger partial charge is 0.181 e. The molecule has 0 radical (unpaired) electrons. The average Bonchev–Trinajstić information content (AvgIpc) is 2.51. The molecular weight excluding hydrogens is 158 g/mol. The molecule has 0 unspecified atom stereocenters. The molecule has 0 bridgehead atoms. The summed E-state index contributed by atoms with van der Waals surface area (Å²) in [4.78, 5) is 14.2. The molecule has 1 rings (SSSR count). The molecule has 0 spiro atoms. The molecule has 1 atom stereocenters. The molecule has 1 N–H and O–H groups in total. The predicted octanol–water partition coefficient (Wildman–Crippen LogP) is 0.638. The van der Waals surface area contributed by atoms with Gasteiger partial charge in [-0.2, -0.15) is 0 Å². The van der Waals surface area contributed by atoms with E-state index in [4.69, 9.17) is 5.11 Å². The number of hydrogen-bond acceptors (Lipinski definition) is 4. The van der Waals surface area contributed by atoms with Crippen LogP contribution in [0.25, 0.3) is 6.08 Å². The summed E-state index contributed by atoms with van der Waals surface area (Å²) in [5.74, 6) is 0. The van der Waals surface area contributed by atoms with Gasteiger partial charge in [0.1, 0.15) is 18.2 Å². The lowest BCUT2D eigenvalue weighted by molar-refractivity contribution is -0.105. The monoisotopic (exact) mass is 167 g/mol. The van der Waals surface area contributed by atoms with Crippen LogP contribution in [0, 0.1) is 0 Å². The Balaban J connectivity index is 2.85. The average molecular weight is 167 g/mol. The summed E-state index contributed by atoms with van der Waals surface area (Å²) < 4.78 is 4.69. The zero-order valence-electron chi connectivity index (χ0n) is 6.60. The summed E-state index contributed by atoms with van der Waals surface area (Å²) in [5, 5.41) is 9.05. The predicted molar refractivity (Wildman–Crippen MR) is 42.2 cm³/mol. The Morgan fingerprint density at radius 1 is 1.83 bits per heavy atom. The maximum atomic E-state index is 10.4. The maximum absolute atomic E-state index is 10.4. The Labute approximate surface area is 69.5 Å². The minimum atomic E-state index is -0.779. The number of aromatic nitrogens is 1. The van der Waals surface area contributed by atoms with Crippen LogP contribution in [0.15, 0.2) is 22.6 Å². The number of nitrogens with zero attached hydrogens (tertiary/aromatic N) is 1. The van der Waals surface area contributed by atoms with Gasteiger partial charge >= 0.3 is 0 Å². The fourth-order valence-corrected chi connectivity index (χ4v) is 0.717. The van der Waals surface area contributed by atoms with E-state index < -0.39 is 6.10 Å². The second-order valence-electron chi connectivity index (χ2n) is 2.35. The highest BCUT2D eigenvalue weighted by molar-refractivity contribution is 5.82. The molecule has 4 heteroatoms. The molecule has 0 saturated carbocycles. The summed E-state index contributed by atoms with van der Waals surface area (Å²) in [6, 6.07) is 0. The van der Waals surface area contributed by atoms with Crippen molar-refractivity contribution >= 4 is 12.4 Å². The van der Waals surface area contributed by atoms with Gasteiger partial charge < -0.3 is 9.52 Å². The number of aldehydes is 1. The van der Waals surface area contributed by atoms with Crippen LogP contribution in [-0.2, 0) is 4.79 Å². The van der Waals surface area contributed by atoms with Crippen molar-refractivity contribution in [2.45, 2.75) is 13.0 Å². The van der Waals surface area contributed by atoms with Gasteiger partial charge in [-0.3, -0.25) is 4.79 Å². The Hall–Kier alpha value is -1.42. The molecule has 1 heterocycles. The van der Waals surface area contributed by atoms with Crippen LogP contribution in [0.2, 0.25) is 0 Å². The van der Waals surface area contributed by atoms with E-state index in [9.17, 15) is 4.79 Å². The van der Waals surface area contributed by atoms with Gasteiger partial charge in [-0.15, -0.1) is 0 Å². The highest BCUT2D eigenvalue weighted by Crippen LogP contribution is 2.05. The normalized spacial score (nSPS) is 14.3. The number of aliphatic hydroxyl groups is 1. The van der Waals surface area contributed by atoms with Crippen LogP contribution in [0.5, 0.6) is 0 Å². The van der Waals surface area contributed by atoms with E-state index in [0.717, 1.165) is 0 Å². The van der Waals surface area contributed by atoms with Crippen molar-refractivity contribution in [2.24, 2.45) is 0 Å². The SMILES string of the molecule is C[C@H](O)/C(C=O)=C\c1cocn1. The molecule has 1 aromatic heterocycles. The van der Waals surface area contributed by atoms with Gasteiger partial charge in [0.05, 0.1) is 6.10 Å². The van der Waals surface area contributed by atoms with Crippen LogP contribution in [0.1, 0.15) is 12.6 Å². The number of rotatable bonds is 3. The zero-order chi connectivity index (χ0) is 8.97. The quantitative estimate of drug-likeness (QED) is 0.530. The molecule has 0 aliphatic rings. The highest BCUT2D eigenvalue weighted by Gasteiger charge is 2.03. The number of aliphatic hydroxyl groups excluding tert-OH is 1. The van der Waals surface area contributed by atoms with Gasteiger partial charge in [0, 0.05) is 5.57 Å². The van der Waals surface area contributed by atoms with Crippen molar-refractivity contribution in [3.05, 3.63) is 23.9 Å². The molecule has 0 aromatic carbocycles.